The standard InChI is InChI=1S/C20H29N5O6/c1-19(2,3)30-17(27)25(18(28)31-20(4,5)6)16-14-15(21-10-22-16)24(11-23-14)13-8-7-12(9-26)29-13/h10-13,26H,7-9H2,1-6H3. The minimum atomic E-state index is -0.936. The largest absolute Gasteiger partial charge is 0.443 e. The summed E-state index contributed by atoms with van der Waals surface area (Å²) in [4.78, 5) is 39.3. The quantitative estimate of drug-likeness (QED) is 0.772. The van der Waals surface area contributed by atoms with Crippen LogP contribution in [0.5, 0.6) is 0 Å². The molecule has 1 saturated heterocycles. The van der Waals surface area contributed by atoms with E-state index in [9.17, 15) is 14.7 Å². The molecule has 0 radical (unpaired) electrons. The van der Waals surface area contributed by atoms with Gasteiger partial charge in [0.15, 0.2) is 17.0 Å². The molecule has 0 spiro atoms. The van der Waals surface area contributed by atoms with Crippen molar-refractivity contribution in [2.45, 2.75) is 77.9 Å². The third-order valence-electron chi connectivity index (χ3n) is 4.30. The third kappa shape index (κ3) is 5.28. The van der Waals surface area contributed by atoms with E-state index in [2.05, 4.69) is 15.0 Å². The summed E-state index contributed by atoms with van der Waals surface area (Å²) in [6.45, 7) is 10.1. The van der Waals surface area contributed by atoms with E-state index in [1.807, 2.05) is 0 Å². The number of aliphatic hydroxyl groups excluding tert-OH is 1. The summed E-state index contributed by atoms with van der Waals surface area (Å²) in [7, 11) is 0. The average molecular weight is 435 g/mol. The second-order valence-corrected chi connectivity index (χ2v) is 9.29. The van der Waals surface area contributed by atoms with Crippen molar-refractivity contribution in [1.29, 1.82) is 0 Å². The first kappa shape index (κ1) is 22.9. The van der Waals surface area contributed by atoms with Crippen LogP contribution in [0.3, 0.4) is 0 Å². The van der Waals surface area contributed by atoms with E-state index < -0.39 is 23.4 Å². The summed E-state index contributed by atoms with van der Waals surface area (Å²) in [6, 6.07) is 0. The number of carbonyl (C=O) groups is 2. The van der Waals surface area contributed by atoms with Gasteiger partial charge < -0.3 is 19.3 Å². The van der Waals surface area contributed by atoms with Crippen molar-refractivity contribution in [1.82, 2.24) is 19.5 Å². The molecule has 2 amide bonds. The number of imide groups is 1. The van der Waals surface area contributed by atoms with Crippen LogP contribution < -0.4 is 4.90 Å². The summed E-state index contributed by atoms with van der Waals surface area (Å²) < 4.78 is 18.3. The summed E-state index contributed by atoms with van der Waals surface area (Å²) in [5.74, 6) is -0.0519. The van der Waals surface area contributed by atoms with E-state index in [1.54, 1.807) is 46.1 Å². The van der Waals surface area contributed by atoms with Crippen molar-refractivity contribution in [2.75, 3.05) is 11.5 Å². The fraction of sp³-hybridized carbons (Fsp3) is 0.650. The molecule has 2 aromatic heterocycles. The zero-order chi connectivity index (χ0) is 23.0. The maximum atomic E-state index is 12.9. The molecule has 0 saturated carbocycles. The lowest BCUT2D eigenvalue weighted by Crippen LogP contribution is -2.44. The Bertz CT molecular complexity index is 933. The summed E-state index contributed by atoms with van der Waals surface area (Å²) in [6.07, 6.45) is 1.59. The van der Waals surface area contributed by atoms with E-state index in [0.717, 1.165) is 4.90 Å². The van der Waals surface area contributed by atoms with Gasteiger partial charge >= 0.3 is 12.2 Å². The lowest BCUT2D eigenvalue weighted by molar-refractivity contribution is -0.0207. The van der Waals surface area contributed by atoms with Gasteiger partial charge in [0.2, 0.25) is 0 Å². The van der Waals surface area contributed by atoms with Crippen LogP contribution in [-0.2, 0) is 14.2 Å². The molecule has 1 N–H and O–H groups in total. The number of carbonyl (C=O) groups excluding carboxylic acids is 2. The monoisotopic (exact) mass is 435 g/mol. The molecule has 1 aliphatic rings. The average Bonchev–Trinajstić information content (AvgIpc) is 3.25. The molecule has 3 heterocycles. The van der Waals surface area contributed by atoms with Crippen molar-refractivity contribution in [3.63, 3.8) is 0 Å². The first-order valence-electron chi connectivity index (χ1n) is 10.1. The molecule has 0 aromatic carbocycles. The van der Waals surface area contributed by atoms with E-state index in [-0.39, 0.29) is 30.3 Å². The zero-order valence-electron chi connectivity index (χ0n) is 18.7. The Labute approximate surface area is 180 Å². The first-order valence-corrected chi connectivity index (χ1v) is 10.1. The van der Waals surface area contributed by atoms with Crippen LogP contribution in [-0.4, -0.2) is 60.7 Å². The van der Waals surface area contributed by atoms with Crippen LogP contribution in [0.25, 0.3) is 11.2 Å². The zero-order valence-corrected chi connectivity index (χ0v) is 18.7. The smallest absolute Gasteiger partial charge is 0.425 e. The van der Waals surface area contributed by atoms with Crippen molar-refractivity contribution in [3.8, 4) is 0 Å². The maximum Gasteiger partial charge on any atom is 0.425 e. The summed E-state index contributed by atoms with van der Waals surface area (Å²) in [5.41, 5.74) is -1.10. The Morgan fingerprint density at radius 1 is 1.10 bits per heavy atom. The molecule has 2 unspecified atom stereocenters. The van der Waals surface area contributed by atoms with Gasteiger partial charge in [-0.15, -0.1) is 0 Å². The number of aliphatic hydroxyl groups is 1. The Morgan fingerprint density at radius 3 is 2.23 bits per heavy atom. The minimum absolute atomic E-state index is 0.0519. The Hall–Kier alpha value is -2.79. The number of imidazole rings is 1. The Kier molecular flexibility index (Phi) is 6.19. The molecule has 11 heteroatoms. The molecule has 0 bridgehead atoms. The summed E-state index contributed by atoms with van der Waals surface area (Å²) in [5, 5.41) is 9.33. The topological polar surface area (TPSA) is 129 Å². The van der Waals surface area contributed by atoms with E-state index in [4.69, 9.17) is 14.2 Å². The lowest BCUT2D eigenvalue weighted by atomic mass is 10.2. The molecule has 31 heavy (non-hydrogen) atoms. The van der Waals surface area contributed by atoms with E-state index in [1.165, 1.54) is 12.7 Å². The van der Waals surface area contributed by atoms with Gasteiger partial charge in [-0.3, -0.25) is 4.57 Å². The maximum absolute atomic E-state index is 12.9. The van der Waals surface area contributed by atoms with Crippen LogP contribution >= 0.6 is 0 Å². The molecule has 3 rings (SSSR count). The van der Waals surface area contributed by atoms with Crippen molar-refractivity contribution >= 4 is 29.2 Å². The van der Waals surface area contributed by atoms with Gasteiger partial charge in [0.05, 0.1) is 19.0 Å². The molecule has 1 aliphatic heterocycles. The van der Waals surface area contributed by atoms with Gasteiger partial charge in [-0.2, -0.15) is 4.90 Å². The molecular weight excluding hydrogens is 406 g/mol. The number of amides is 2. The van der Waals surface area contributed by atoms with Crippen LogP contribution in [0.2, 0.25) is 0 Å². The predicted octanol–water partition coefficient (Wildman–Crippen LogP) is 3.17. The summed E-state index contributed by atoms with van der Waals surface area (Å²) >= 11 is 0. The molecule has 2 atom stereocenters. The second-order valence-electron chi connectivity index (χ2n) is 9.29. The Morgan fingerprint density at radius 2 is 1.71 bits per heavy atom. The van der Waals surface area contributed by atoms with Gasteiger partial charge in [-0.25, -0.2) is 24.5 Å². The minimum Gasteiger partial charge on any atom is -0.443 e. The number of hydrogen-bond donors (Lipinski definition) is 1. The molecule has 11 nitrogen and oxygen atoms in total. The number of anilines is 1. The van der Waals surface area contributed by atoms with E-state index in [0.29, 0.717) is 18.5 Å². The fourth-order valence-corrected chi connectivity index (χ4v) is 3.10. The Balaban J connectivity index is 2.03. The van der Waals surface area contributed by atoms with Crippen LogP contribution in [0.15, 0.2) is 12.7 Å². The molecule has 0 aliphatic carbocycles. The molecular formula is C20H29N5O6. The number of ether oxygens (including phenoxy) is 3. The number of nitrogens with zero attached hydrogens (tertiary/aromatic N) is 5. The highest BCUT2D eigenvalue weighted by Crippen LogP contribution is 2.32. The second kappa shape index (κ2) is 8.39. The van der Waals surface area contributed by atoms with Crippen LogP contribution in [0.1, 0.15) is 60.6 Å². The number of hydrogen-bond acceptors (Lipinski definition) is 9. The normalized spacial score (nSPS) is 19.5. The molecule has 1 fully saturated rings. The highest BCUT2D eigenvalue weighted by atomic mass is 16.6. The van der Waals surface area contributed by atoms with Crippen LogP contribution in [0, 0.1) is 0 Å². The highest BCUT2D eigenvalue weighted by molar-refractivity contribution is 6.12. The van der Waals surface area contributed by atoms with Crippen LogP contribution in [0.4, 0.5) is 15.4 Å². The van der Waals surface area contributed by atoms with Gasteiger partial charge in [-0.05, 0) is 54.4 Å². The van der Waals surface area contributed by atoms with Gasteiger partial charge in [0.1, 0.15) is 23.8 Å². The number of fused-ring (bicyclic) bond motifs is 1. The SMILES string of the molecule is CC(C)(C)OC(=O)N(C(=O)OC(C)(C)C)c1ncnc2c1ncn2C1CCC(CO)O1. The highest BCUT2D eigenvalue weighted by Gasteiger charge is 2.36. The number of aromatic nitrogens is 4. The van der Waals surface area contributed by atoms with Gasteiger partial charge in [0, 0.05) is 0 Å². The van der Waals surface area contributed by atoms with Crippen molar-refractivity contribution < 1.29 is 28.9 Å². The first-order chi connectivity index (χ1) is 14.4. The third-order valence-corrected chi connectivity index (χ3v) is 4.30. The molecule has 2 aromatic rings. The van der Waals surface area contributed by atoms with Crippen molar-refractivity contribution in [2.24, 2.45) is 0 Å². The van der Waals surface area contributed by atoms with E-state index >= 15 is 0 Å². The van der Waals surface area contributed by atoms with Crippen molar-refractivity contribution in [3.05, 3.63) is 12.7 Å². The predicted molar refractivity (Wildman–Crippen MR) is 110 cm³/mol. The molecule has 170 valence electrons. The lowest BCUT2D eigenvalue weighted by Gasteiger charge is -2.28. The fourth-order valence-electron chi connectivity index (χ4n) is 3.10. The number of rotatable bonds is 3. The van der Waals surface area contributed by atoms with Gasteiger partial charge in [-0.1, -0.05) is 0 Å². The van der Waals surface area contributed by atoms with Gasteiger partial charge in [0.25, 0.3) is 0 Å².